The zero-order chi connectivity index (χ0) is 25.4. The van der Waals surface area contributed by atoms with Crippen LogP contribution in [0.4, 0.5) is 5.69 Å². The summed E-state index contributed by atoms with van der Waals surface area (Å²) in [7, 11) is 0. The van der Waals surface area contributed by atoms with Crippen LogP contribution in [0.25, 0.3) is 50.7 Å². The third kappa shape index (κ3) is 4.62. The van der Waals surface area contributed by atoms with Crippen LogP contribution in [-0.2, 0) is 4.79 Å². The molecule has 4 aromatic carbocycles. The fraction of sp³-hybridized carbons (Fsp3) is 0. The number of oxazole rings is 1. The number of furan rings is 1. The second kappa shape index (κ2) is 9.62. The molecule has 180 valence electrons. The maximum absolute atomic E-state index is 12.6. The third-order valence-electron chi connectivity index (χ3n) is 5.90. The number of benzene rings is 4. The summed E-state index contributed by atoms with van der Waals surface area (Å²) < 4.78 is 11.8. The summed E-state index contributed by atoms with van der Waals surface area (Å²) in [5.41, 5.74) is 3.58. The second-order valence-electron chi connectivity index (χ2n) is 8.36. The molecule has 0 aliphatic carbocycles. The van der Waals surface area contributed by atoms with Crippen LogP contribution in [0.3, 0.4) is 0 Å². The summed E-state index contributed by atoms with van der Waals surface area (Å²) >= 11 is 12.4. The van der Waals surface area contributed by atoms with Gasteiger partial charge in [-0.05, 0) is 60.0 Å². The minimum Gasteiger partial charge on any atom is -0.457 e. The van der Waals surface area contributed by atoms with Gasteiger partial charge in [0.25, 0.3) is 0 Å². The number of nitrogens with one attached hydrogen (secondary N) is 1. The lowest BCUT2D eigenvalue weighted by molar-refractivity contribution is -0.111. The predicted octanol–water partition coefficient (Wildman–Crippen LogP) is 8.87. The van der Waals surface area contributed by atoms with Crippen LogP contribution in [-0.4, -0.2) is 10.9 Å². The number of aromatic nitrogens is 1. The fourth-order valence-electron chi connectivity index (χ4n) is 4.14. The number of anilines is 1. The molecule has 0 atom stereocenters. The van der Waals surface area contributed by atoms with Crippen molar-refractivity contribution >= 4 is 62.7 Å². The average molecular weight is 525 g/mol. The molecule has 0 fully saturated rings. The maximum atomic E-state index is 12.6. The van der Waals surface area contributed by atoms with Gasteiger partial charge >= 0.3 is 0 Å². The Bertz CT molecular complexity index is 1820. The van der Waals surface area contributed by atoms with Gasteiger partial charge in [-0.25, -0.2) is 4.98 Å². The molecule has 2 heterocycles. The van der Waals surface area contributed by atoms with Crippen molar-refractivity contribution in [2.75, 3.05) is 5.32 Å². The topological polar surface area (TPSA) is 68.3 Å². The van der Waals surface area contributed by atoms with E-state index in [1.165, 1.54) is 6.08 Å². The third-order valence-corrected chi connectivity index (χ3v) is 6.72. The highest BCUT2D eigenvalue weighted by Crippen LogP contribution is 2.34. The van der Waals surface area contributed by atoms with E-state index in [2.05, 4.69) is 5.32 Å². The lowest BCUT2D eigenvalue weighted by Crippen LogP contribution is -2.07. The number of nitrogens with zero attached hydrogens (tertiary/aromatic N) is 1. The first kappa shape index (κ1) is 23.1. The van der Waals surface area contributed by atoms with Crippen molar-refractivity contribution in [1.29, 1.82) is 0 Å². The maximum Gasteiger partial charge on any atom is 0.248 e. The van der Waals surface area contributed by atoms with Crippen LogP contribution in [0.15, 0.2) is 106 Å². The Morgan fingerprint density at radius 3 is 2.65 bits per heavy atom. The van der Waals surface area contributed by atoms with Crippen LogP contribution in [0.2, 0.25) is 10.0 Å². The van der Waals surface area contributed by atoms with Gasteiger partial charge in [0.2, 0.25) is 11.8 Å². The van der Waals surface area contributed by atoms with E-state index in [-0.39, 0.29) is 5.91 Å². The van der Waals surface area contributed by atoms with E-state index in [1.807, 2.05) is 60.7 Å². The number of fused-ring (bicyclic) bond motifs is 3. The molecule has 0 saturated carbocycles. The number of hydrogen-bond donors (Lipinski definition) is 1. The van der Waals surface area contributed by atoms with Crippen molar-refractivity contribution in [1.82, 2.24) is 4.98 Å². The van der Waals surface area contributed by atoms with Crippen LogP contribution in [0.5, 0.6) is 0 Å². The summed E-state index contributed by atoms with van der Waals surface area (Å²) in [6.45, 7) is 0. The van der Waals surface area contributed by atoms with E-state index >= 15 is 0 Å². The van der Waals surface area contributed by atoms with Gasteiger partial charge in [0.05, 0.1) is 10.0 Å². The molecule has 0 radical (unpaired) electrons. The van der Waals surface area contributed by atoms with Crippen LogP contribution < -0.4 is 5.32 Å². The molecule has 6 aromatic rings. The summed E-state index contributed by atoms with van der Waals surface area (Å²) in [6.07, 6.45) is 2.99. The average Bonchev–Trinajstić information content (AvgIpc) is 3.57. The van der Waals surface area contributed by atoms with Crippen molar-refractivity contribution < 1.29 is 13.6 Å². The molecule has 5 nitrogen and oxygen atoms in total. The SMILES string of the molecule is O=C(C=Cc1ccc(-c2cccc(Cl)c2Cl)o1)Nc1cccc(-c2nc3c(ccc4ccccc43)o2)c1. The Morgan fingerprint density at radius 1 is 0.865 bits per heavy atom. The first-order chi connectivity index (χ1) is 18.0. The Balaban J connectivity index is 1.19. The predicted molar refractivity (Wildman–Crippen MR) is 149 cm³/mol. The molecule has 0 unspecified atom stereocenters. The number of hydrogen-bond acceptors (Lipinski definition) is 4. The lowest BCUT2D eigenvalue weighted by atomic mass is 10.1. The first-order valence-corrected chi connectivity index (χ1v) is 12.2. The highest BCUT2D eigenvalue weighted by Gasteiger charge is 2.13. The van der Waals surface area contributed by atoms with E-state index in [1.54, 1.807) is 36.4 Å². The molecule has 7 heteroatoms. The van der Waals surface area contributed by atoms with E-state index < -0.39 is 0 Å². The van der Waals surface area contributed by atoms with Crippen LogP contribution >= 0.6 is 23.2 Å². The van der Waals surface area contributed by atoms with Gasteiger partial charge in [-0.15, -0.1) is 0 Å². The zero-order valence-corrected chi connectivity index (χ0v) is 20.8. The van der Waals surface area contributed by atoms with Gasteiger partial charge in [-0.2, -0.15) is 0 Å². The fourth-order valence-corrected chi connectivity index (χ4v) is 4.53. The number of rotatable bonds is 5. The van der Waals surface area contributed by atoms with Crippen LogP contribution in [0, 0.1) is 0 Å². The quantitative estimate of drug-likeness (QED) is 0.228. The smallest absolute Gasteiger partial charge is 0.248 e. The van der Waals surface area contributed by atoms with Gasteiger partial charge in [-0.1, -0.05) is 65.7 Å². The highest BCUT2D eigenvalue weighted by atomic mass is 35.5. The molecular formula is C30H18Cl2N2O3. The zero-order valence-electron chi connectivity index (χ0n) is 19.2. The van der Waals surface area contributed by atoms with Gasteiger partial charge in [-0.3, -0.25) is 4.79 Å². The summed E-state index contributed by atoms with van der Waals surface area (Å²) in [5, 5.41) is 5.86. The summed E-state index contributed by atoms with van der Waals surface area (Å²) in [6, 6.07) is 28.2. The minimum absolute atomic E-state index is 0.306. The Hall–Kier alpha value is -4.32. The van der Waals surface area contributed by atoms with E-state index in [0.29, 0.717) is 44.3 Å². The molecule has 1 N–H and O–H groups in total. The largest absolute Gasteiger partial charge is 0.457 e. The number of carbonyl (C=O) groups excluding carboxylic acids is 1. The van der Waals surface area contributed by atoms with Gasteiger partial charge < -0.3 is 14.2 Å². The molecule has 37 heavy (non-hydrogen) atoms. The van der Waals surface area contributed by atoms with Crippen molar-refractivity contribution in [2.24, 2.45) is 0 Å². The molecule has 6 rings (SSSR count). The number of carbonyl (C=O) groups is 1. The van der Waals surface area contributed by atoms with Crippen molar-refractivity contribution in [2.45, 2.75) is 0 Å². The normalized spacial score (nSPS) is 11.5. The monoisotopic (exact) mass is 524 g/mol. The van der Waals surface area contributed by atoms with Gasteiger partial charge in [0.1, 0.15) is 17.0 Å². The van der Waals surface area contributed by atoms with Crippen molar-refractivity contribution in [3.05, 3.63) is 113 Å². The number of amides is 1. The van der Waals surface area contributed by atoms with Gasteiger partial charge in [0.15, 0.2) is 5.58 Å². The number of halogens is 2. The Labute approximate surface area is 221 Å². The standard InChI is InChI=1S/C30H18Cl2N2O3/c31-24-10-4-9-23(28(24)32)25-15-12-21(36-25)13-16-27(35)33-20-7-3-6-19(17-20)30-34-29-22-8-2-1-5-18(22)11-14-26(29)37-30/h1-17H,(H,33,35). The molecule has 1 amide bonds. The van der Waals surface area contributed by atoms with E-state index in [0.717, 1.165) is 21.9 Å². The van der Waals surface area contributed by atoms with Crippen LogP contribution in [0.1, 0.15) is 5.76 Å². The van der Waals surface area contributed by atoms with Gasteiger partial charge in [0, 0.05) is 28.3 Å². The molecular weight excluding hydrogens is 507 g/mol. The van der Waals surface area contributed by atoms with Crippen molar-refractivity contribution in [3.8, 4) is 22.8 Å². The Morgan fingerprint density at radius 2 is 1.73 bits per heavy atom. The first-order valence-electron chi connectivity index (χ1n) is 11.5. The summed E-state index contributed by atoms with van der Waals surface area (Å²) in [5.74, 6) is 1.25. The molecule has 0 aliphatic heterocycles. The Kier molecular flexibility index (Phi) is 6.01. The van der Waals surface area contributed by atoms with E-state index in [4.69, 9.17) is 37.0 Å². The molecule has 0 bridgehead atoms. The second-order valence-corrected chi connectivity index (χ2v) is 9.14. The lowest BCUT2D eigenvalue weighted by Gasteiger charge is -2.03. The minimum atomic E-state index is -0.306. The molecule has 2 aromatic heterocycles. The molecule has 0 aliphatic rings. The summed E-state index contributed by atoms with van der Waals surface area (Å²) in [4.78, 5) is 17.3. The molecule has 0 spiro atoms. The van der Waals surface area contributed by atoms with Crippen molar-refractivity contribution in [3.63, 3.8) is 0 Å². The van der Waals surface area contributed by atoms with E-state index in [9.17, 15) is 4.79 Å². The molecule has 0 saturated heterocycles. The highest BCUT2D eigenvalue weighted by molar-refractivity contribution is 6.43.